The average molecular weight is 518 g/mol. The van der Waals surface area contributed by atoms with Crippen LogP contribution in [0, 0.1) is 0 Å². The number of H-pyrrole nitrogens is 1. The van der Waals surface area contributed by atoms with Gasteiger partial charge >= 0.3 is 0 Å². The van der Waals surface area contributed by atoms with E-state index in [4.69, 9.17) is 9.72 Å². The van der Waals surface area contributed by atoms with Gasteiger partial charge in [0.15, 0.2) is 5.16 Å². The monoisotopic (exact) mass is 517 g/mol. The predicted octanol–water partition coefficient (Wildman–Crippen LogP) is 4.94. The molecule has 3 heterocycles. The van der Waals surface area contributed by atoms with Crippen molar-refractivity contribution in [2.24, 2.45) is 0 Å². The number of thioether (sulfide) groups is 1. The number of fused-ring (bicyclic) bond motifs is 4. The maximum Gasteiger partial charge on any atom is 0.267 e. The number of benzene rings is 2. The van der Waals surface area contributed by atoms with Crippen LogP contribution in [-0.4, -0.2) is 38.5 Å². The molecule has 0 bridgehead atoms. The summed E-state index contributed by atoms with van der Waals surface area (Å²) in [6.07, 6.45) is 5.86. The maximum absolute atomic E-state index is 13.8. The molecule has 1 aliphatic carbocycles. The fourth-order valence-corrected chi connectivity index (χ4v) is 6.70. The van der Waals surface area contributed by atoms with Gasteiger partial charge in [-0.1, -0.05) is 11.8 Å². The second-order valence-electron chi connectivity index (χ2n) is 8.63. The first-order chi connectivity index (χ1) is 17.6. The van der Waals surface area contributed by atoms with Crippen LogP contribution in [0.5, 0.6) is 5.75 Å². The number of ether oxygens (including phenoxy) is 1. The van der Waals surface area contributed by atoms with E-state index in [2.05, 4.69) is 15.5 Å². The lowest BCUT2D eigenvalue weighted by Crippen LogP contribution is -2.23. The number of nitrogens with zero attached hydrogens (tertiary/aromatic N) is 3. The Kier molecular flexibility index (Phi) is 5.98. The van der Waals surface area contributed by atoms with Gasteiger partial charge in [-0.2, -0.15) is 5.10 Å². The largest absolute Gasteiger partial charge is 0.497 e. The van der Waals surface area contributed by atoms with Crippen LogP contribution < -0.4 is 15.6 Å². The Bertz CT molecular complexity index is 1650. The van der Waals surface area contributed by atoms with E-state index >= 15 is 0 Å². The van der Waals surface area contributed by atoms with Crippen LogP contribution in [0.4, 0.5) is 5.69 Å². The molecule has 0 fully saturated rings. The zero-order valence-electron chi connectivity index (χ0n) is 19.5. The van der Waals surface area contributed by atoms with Gasteiger partial charge in [-0.15, -0.1) is 11.3 Å². The van der Waals surface area contributed by atoms with Gasteiger partial charge in [0.05, 0.1) is 35.6 Å². The van der Waals surface area contributed by atoms with E-state index in [1.807, 2.05) is 42.5 Å². The molecule has 0 unspecified atom stereocenters. The van der Waals surface area contributed by atoms with Crippen LogP contribution in [-0.2, 0) is 17.6 Å². The fraction of sp³-hybridized carbons (Fsp3) is 0.231. The number of thiophene rings is 1. The summed E-state index contributed by atoms with van der Waals surface area (Å²) in [6.45, 7) is 0. The van der Waals surface area contributed by atoms with Crippen molar-refractivity contribution in [3.8, 4) is 11.4 Å². The third-order valence-electron chi connectivity index (χ3n) is 6.35. The number of hydrogen-bond acceptors (Lipinski definition) is 7. The highest BCUT2D eigenvalue weighted by molar-refractivity contribution is 7.99. The van der Waals surface area contributed by atoms with Gasteiger partial charge in [0.25, 0.3) is 5.56 Å². The summed E-state index contributed by atoms with van der Waals surface area (Å²) in [5.74, 6) is 0.636. The van der Waals surface area contributed by atoms with E-state index in [1.54, 1.807) is 29.2 Å². The third-order valence-corrected chi connectivity index (χ3v) is 8.47. The van der Waals surface area contributed by atoms with E-state index in [1.165, 1.54) is 16.6 Å². The Hall–Kier alpha value is -3.63. The molecule has 3 aromatic heterocycles. The Morgan fingerprint density at radius 1 is 1.19 bits per heavy atom. The lowest BCUT2D eigenvalue weighted by Gasteiger charge is -2.14. The molecule has 2 N–H and O–H groups in total. The predicted molar refractivity (Wildman–Crippen MR) is 144 cm³/mol. The number of aryl methyl sites for hydroxylation is 2. The van der Waals surface area contributed by atoms with Crippen molar-refractivity contribution in [1.29, 1.82) is 0 Å². The normalized spacial score (nSPS) is 13.1. The highest BCUT2D eigenvalue weighted by Gasteiger charge is 2.23. The third kappa shape index (κ3) is 4.16. The molecule has 0 spiro atoms. The van der Waals surface area contributed by atoms with Crippen molar-refractivity contribution < 1.29 is 9.53 Å². The molecule has 1 aliphatic rings. The summed E-state index contributed by atoms with van der Waals surface area (Å²) in [5, 5.41) is 12.0. The molecule has 0 saturated heterocycles. The summed E-state index contributed by atoms with van der Waals surface area (Å²) in [7, 11) is 1.61. The van der Waals surface area contributed by atoms with Gasteiger partial charge in [0.2, 0.25) is 5.91 Å². The smallest absolute Gasteiger partial charge is 0.267 e. The summed E-state index contributed by atoms with van der Waals surface area (Å²) in [4.78, 5) is 33.6. The molecule has 0 atom stereocenters. The number of rotatable bonds is 6. The van der Waals surface area contributed by atoms with Crippen LogP contribution >= 0.6 is 23.1 Å². The molecule has 1 amide bonds. The van der Waals surface area contributed by atoms with E-state index in [9.17, 15) is 9.59 Å². The molecule has 8 nitrogen and oxygen atoms in total. The molecule has 2 aromatic carbocycles. The van der Waals surface area contributed by atoms with E-state index in [-0.39, 0.29) is 17.2 Å². The van der Waals surface area contributed by atoms with Gasteiger partial charge in [-0.25, -0.2) is 4.98 Å². The topological polar surface area (TPSA) is 102 Å². The summed E-state index contributed by atoms with van der Waals surface area (Å²) in [6, 6.07) is 12.9. The minimum atomic E-state index is -0.181. The summed E-state index contributed by atoms with van der Waals surface area (Å²) < 4.78 is 6.91. The van der Waals surface area contributed by atoms with E-state index < -0.39 is 0 Å². The van der Waals surface area contributed by atoms with Crippen LogP contribution in [0.1, 0.15) is 23.3 Å². The molecule has 0 radical (unpaired) electrons. The van der Waals surface area contributed by atoms with E-state index in [0.29, 0.717) is 27.7 Å². The SMILES string of the molecule is COc1ccc(-n2c(SCC(=O)Nc3ccc4cn[nH]c4c3)nc3sc4c(c3c2=O)CCCC4)cc1. The Morgan fingerprint density at radius 2 is 2.03 bits per heavy atom. The number of aromatic nitrogens is 4. The second-order valence-corrected chi connectivity index (χ2v) is 10.7. The molecule has 6 rings (SSSR count). The van der Waals surface area contributed by atoms with Crippen molar-refractivity contribution >= 4 is 55.8 Å². The number of anilines is 1. The van der Waals surface area contributed by atoms with Crippen LogP contribution in [0.3, 0.4) is 0 Å². The molecule has 36 heavy (non-hydrogen) atoms. The van der Waals surface area contributed by atoms with Gasteiger partial charge in [-0.05, 0) is 73.7 Å². The highest BCUT2D eigenvalue weighted by Crippen LogP contribution is 2.35. The lowest BCUT2D eigenvalue weighted by molar-refractivity contribution is -0.113. The van der Waals surface area contributed by atoms with Crippen molar-refractivity contribution in [2.45, 2.75) is 30.8 Å². The quantitative estimate of drug-likeness (QED) is 0.244. The first kappa shape index (κ1) is 22.8. The van der Waals surface area contributed by atoms with Crippen molar-refractivity contribution in [1.82, 2.24) is 19.7 Å². The molecule has 5 aromatic rings. The zero-order chi connectivity index (χ0) is 24.6. The Labute approximate surface area is 214 Å². The zero-order valence-corrected chi connectivity index (χ0v) is 21.2. The number of carbonyl (C=O) groups excluding carboxylic acids is 1. The number of methoxy groups -OCH3 is 1. The van der Waals surface area contributed by atoms with Crippen LogP contribution in [0.2, 0.25) is 0 Å². The highest BCUT2D eigenvalue weighted by atomic mass is 32.2. The van der Waals surface area contributed by atoms with Gasteiger partial charge in [0, 0.05) is 16.0 Å². The van der Waals surface area contributed by atoms with Crippen LogP contribution in [0.15, 0.2) is 58.6 Å². The lowest BCUT2D eigenvalue weighted by atomic mass is 9.97. The van der Waals surface area contributed by atoms with E-state index in [0.717, 1.165) is 47.0 Å². The average Bonchev–Trinajstić information content (AvgIpc) is 3.51. The molecule has 182 valence electrons. The standard InChI is InChI=1S/C26H23N5O3S2/c1-34-18-10-8-17(9-11-18)31-25(33)23-19-4-2-3-5-21(19)36-24(23)29-26(31)35-14-22(32)28-16-7-6-15-13-27-30-20(15)12-16/h6-13H,2-5,14H2,1H3,(H,27,30)(H,28,32). The van der Waals surface area contributed by atoms with Gasteiger partial charge in [-0.3, -0.25) is 19.3 Å². The number of amides is 1. The minimum Gasteiger partial charge on any atom is -0.497 e. The summed E-state index contributed by atoms with van der Waals surface area (Å²) >= 11 is 2.86. The minimum absolute atomic E-state index is 0.0860. The number of aromatic amines is 1. The van der Waals surface area contributed by atoms with Gasteiger partial charge in [0.1, 0.15) is 10.6 Å². The van der Waals surface area contributed by atoms with Crippen molar-refractivity contribution in [3.05, 3.63) is 69.5 Å². The summed E-state index contributed by atoms with van der Waals surface area (Å²) in [5.41, 5.74) is 3.28. The molecular weight excluding hydrogens is 494 g/mol. The molecule has 0 saturated carbocycles. The first-order valence-electron chi connectivity index (χ1n) is 11.7. The fourth-order valence-electron chi connectivity index (χ4n) is 4.58. The molecule has 0 aliphatic heterocycles. The number of hydrogen-bond donors (Lipinski definition) is 2. The van der Waals surface area contributed by atoms with Crippen molar-refractivity contribution in [2.75, 3.05) is 18.2 Å². The second kappa shape index (κ2) is 9.44. The van der Waals surface area contributed by atoms with Crippen molar-refractivity contribution in [3.63, 3.8) is 0 Å². The van der Waals surface area contributed by atoms with Crippen LogP contribution in [0.25, 0.3) is 26.8 Å². The molecule has 10 heteroatoms. The molecular formula is C26H23N5O3S2. The Morgan fingerprint density at radius 3 is 2.86 bits per heavy atom. The Balaban J connectivity index is 1.34. The maximum atomic E-state index is 13.8. The van der Waals surface area contributed by atoms with Gasteiger partial charge < -0.3 is 10.1 Å². The number of carbonyl (C=O) groups is 1. The number of nitrogens with one attached hydrogen (secondary N) is 2. The first-order valence-corrected chi connectivity index (χ1v) is 13.5.